The van der Waals surface area contributed by atoms with Crippen LogP contribution in [0.1, 0.15) is 67.7 Å². The average Bonchev–Trinajstić information content (AvgIpc) is 2.85. The number of hydrogen-bond donors (Lipinski definition) is 1. The van der Waals surface area contributed by atoms with Crippen molar-refractivity contribution in [1.29, 1.82) is 0 Å². The molecule has 0 aliphatic carbocycles. The third-order valence-corrected chi connectivity index (χ3v) is 3.13. The van der Waals surface area contributed by atoms with Crippen LogP contribution in [-0.4, -0.2) is 18.0 Å². The van der Waals surface area contributed by atoms with Crippen LogP contribution < -0.4 is 0 Å². The van der Waals surface area contributed by atoms with E-state index >= 15 is 0 Å². The van der Waals surface area contributed by atoms with E-state index in [-0.39, 0.29) is 0 Å². The SMILES string of the molecule is O=Cc1ccc(CCCCCCCCCCO)o1. The summed E-state index contributed by atoms with van der Waals surface area (Å²) in [5, 5.41) is 8.64. The monoisotopic (exact) mass is 252 g/mol. The van der Waals surface area contributed by atoms with Gasteiger partial charge in [0.15, 0.2) is 12.0 Å². The molecule has 0 saturated heterocycles. The highest BCUT2D eigenvalue weighted by molar-refractivity contribution is 5.70. The fraction of sp³-hybridized carbons (Fsp3) is 0.667. The first-order valence-electron chi connectivity index (χ1n) is 7.01. The lowest BCUT2D eigenvalue weighted by molar-refractivity contribution is 0.109. The predicted octanol–water partition coefficient (Wildman–Crippen LogP) is 3.75. The summed E-state index contributed by atoms with van der Waals surface area (Å²) in [4.78, 5) is 10.4. The van der Waals surface area contributed by atoms with E-state index in [1.165, 1.54) is 32.1 Å². The van der Waals surface area contributed by atoms with Crippen molar-refractivity contribution in [2.24, 2.45) is 0 Å². The Morgan fingerprint density at radius 2 is 1.56 bits per heavy atom. The molecule has 3 heteroatoms. The molecule has 0 bridgehead atoms. The van der Waals surface area contributed by atoms with Gasteiger partial charge in [0, 0.05) is 13.0 Å². The molecule has 0 atom stereocenters. The van der Waals surface area contributed by atoms with Gasteiger partial charge in [0.05, 0.1) is 0 Å². The van der Waals surface area contributed by atoms with E-state index in [1.807, 2.05) is 6.07 Å². The first-order valence-corrected chi connectivity index (χ1v) is 7.01. The molecule has 0 amide bonds. The van der Waals surface area contributed by atoms with E-state index in [4.69, 9.17) is 9.52 Å². The van der Waals surface area contributed by atoms with E-state index in [9.17, 15) is 4.79 Å². The van der Waals surface area contributed by atoms with Crippen molar-refractivity contribution in [2.45, 2.75) is 57.8 Å². The molecule has 1 aromatic heterocycles. The van der Waals surface area contributed by atoms with Gasteiger partial charge in [-0.3, -0.25) is 4.79 Å². The minimum atomic E-state index is 0.325. The van der Waals surface area contributed by atoms with Crippen molar-refractivity contribution in [2.75, 3.05) is 6.61 Å². The Labute approximate surface area is 109 Å². The predicted molar refractivity (Wildman–Crippen MR) is 71.8 cm³/mol. The number of aryl methyl sites for hydroxylation is 1. The maximum atomic E-state index is 10.4. The number of carbonyl (C=O) groups is 1. The molecule has 18 heavy (non-hydrogen) atoms. The summed E-state index contributed by atoms with van der Waals surface area (Å²) in [5.74, 6) is 1.34. The molecule has 0 unspecified atom stereocenters. The molecule has 0 saturated carbocycles. The van der Waals surface area contributed by atoms with Crippen molar-refractivity contribution < 1.29 is 14.3 Å². The van der Waals surface area contributed by atoms with Gasteiger partial charge in [0.1, 0.15) is 5.76 Å². The molecule has 1 rings (SSSR count). The van der Waals surface area contributed by atoms with Crippen LogP contribution in [0.3, 0.4) is 0 Å². The van der Waals surface area contributed by atoms with Crippen molar-refractivity contribution in [3.8, 4) is 0 Å². The van der Waals surface area contributed by atoms with Gasteiger partial charge in [-0.25, -0.2) is 0 Å². The van der Waals surface area contributed by atoms with E-state index < -0.39 is 0 Å². The number of aliphatic hydroxyl groups excluding tert-OH is 1. The highest BCUT2D eigenvalue weighted by Crippen LogP contribution is 2.12. The Morgan fingerprint density at radius 3 is 2.11 bits per heavy atom. The molecule has 0 radical (unpaired) electrons. The molecule has 0 spiro atoms. The van der Waals surface area contributed by atoms with Crippen molar-refractivity contribution >= 4 is 6.29 Å². The number of aliphatic hydroxyl groups is 1. The summed E-state index contributed by atoms with van der Waals surface area (Å²) >= 11 is 0. The Morgan fingerprint density at radius 1 is 0.944 bits per heavy atom. The molecular formula is C15H24O3. The van der Waals surface area contributed by atoms with E-state index in [1.54, 1.807) is 6.07 Å². The van der Waals surface area contributed by atoms with Gasteiger partial charge in [-0.2, -0.15) is 0 Å². The third-order valence-electron chi connectivity index (χ3n) is 3.13. The van der Waals surface area contributed by atoms with E-state index in [2.05, 4.69) is 0 Å². The molecule has 3 nitrogen and oxygen atoms in total. The Bertz CT molecular complexity index is 317. The second kappa shape index (κ2) is 9.89. The molecule has 0 aromatic carbocycles. The van der Waals surface area contributed by atoms with Crippen LogP contribution in [-0.2, 0) is 6.42 Å². The number of hydrogen-bond acceptors (Lipinski definition) is 3. The maximum absolute atomic E-state index is 10.4. The molecule has 1 N–H and O–H groups in total. The van der Waals surface area contributed by atoms with Gasteiger partial charge < -0.3 is 9.52 Å². The second-order valence-electron chi connectivity index (χ2n) is 4.72. The van der Waals surface area contributed by atoms with Crippen molar-refractivity contribution in [1.82, 2.24) is 0 Å². The van der Waals surface area contributed by atoms with Crippen LogP contribution in [0.5, 0.6) is 0 Å². The van der Waals surface area contributed by atoms with Crippen LogP contribution in [0.25, 0.3) is 0 Å². The first kappa shape index (κ1) is 15.0. The number of rotatable bonds is 11. The molecule has 0 fully saturated rings. The summed E-state index contributed by atoms with van der Waals surface area (Å²) < 4.78 is 5.31. The van der Waals surface area contributed by atoms with E-state index in [0.717, 1.165) is 37.7 Å². The Hall–Kier alpha value is -1.09. The van der Waals surface area contributed by atoms with Crippen molar-refractivity contribution in [3.05, 3.63) is 23.7 Å². The Balaban J connectivity index is 1.91. The third kappa shape index (κ3) is 6.60. The van der Waals surface area contributed by atoms with Crippen LogP contribution in [0.15, 0.2) is 16.5 Å². The van der Waals surface area contributed by atoms with Gasteiger partial charge in [-0.15, -0.1) is 0 Å². The lowest BCUT2D eigenvalue weighted by atomic mass is 10.1. The highest BCUT2D eigenvalue weighted by atomic mass is 16.3. The topological polar surface area (TPSA) is 50.4 Å². The summed E-state index contributed by atoms with van der Waals surface area (Å²) in [6, 6.07) is 3.61. The smallest absolute Gasteiger partial charge is 0.185 e. The standard InChI is InChI=1S/C15H24O3/c16-12-8-6-4-2-1-3-5-7-9-14-10-11-15(13-17)18-14/h10-11,13,16H,1-9,12H2. The summed E-state index contributed by atoms with van der Waals surface area (Å²) in [7, 11) is 0. The number of aldehydes is 1. The normalized spacial score (nSPS) is 10.7. The largest absolute Gasteiger partial charge is 0.458 e. The summed E-state index contributed by atoms with van der Waals surface area (Å²) in [6.45, 7) is 0.325. The zero-order valence-corrected chi connectivity index (χ0v) is 11.1. The minimum Gasteiger partial charge on any atom is -0.458 e. The molecule has 102 valence electrons. The average molecular weight is 252 g/mol. The van der Waals surface area contributed by atoms with Gasteiger partial charge >= 0.3 is 0 Å². The molecule has 0 aliphatic rings. The highest BCUT2D eigenvalue weighted by Gasteiger charge is 2.00. The quantitative estimate of drug-likeness (QED) is 0.482. The molecule has 1 aromatic rings. The van der Waals surface area contributed by atoms with Gasteiger partial charge in [0.2, 0.25) is 0 Å². The van der Waals surface area contributed by atoms with Crippen molar-refractivity contribution in [3.63, 3.8) is 0 Å². The van der Waals surface area contributed by atoms with Gasteiger partial charge in [0.25, 0.3) is 0 Å². The van der Waals surface area contributed by atoms with Gasteiger partial charge in [-0.05, 0) is 25.0 Å². The van der Waals surface area contributed by atoms with Crippen LogP contribution in [0.2, 0.25) is 0 Å². The number of carbonyl (C=O) groups excluding carboxylic acids is 1. The lowest BCUT2D eigenvalue weighted by Crippen LogP contribution is -1.86. The zero-order valence-electron chi connectivity index (χ0n) is 11.1. The van der Waals surface area contributed by atoms with Crippen LogP contribution >= 0.6 is 0 Å². The minimum absolute atomic E-state index is 0.325. The van der Waals surface area contributed by atoms with Crippen LogP contribution in [0, 0.1) is 0 Å². The molecule has 1 heterocycles. The fourth-order valence-corrected chi connectivity index (χ4v) is 2.06. The fourth-order valence-electron chi connectivity index (χ4n) is 2.06. The molecular weight excluding hydrogens is 228 g/mol. The first-order chi connectivity index (χ1) is 8.86. The number of furan rings is 1. The molecule has 0 aliphatic heterocycles. The number of unbranched alkanes of at least 4 members (excludes halogenated alkanes) is 7. The zero-order chi connectivity index (χ0) is 13.1. The van der Waals surface area contributed by atoms with E-state index in [0.29, 0.717) is 12.4 Å². The summed E-state index contributed by atoms with van der Waals surface area (Å²) in [5.41, 5.74) is 0. The lowest BCUT2D eigenvalue weighted by Gasteiger charge is -2.01. The van der Waals surface area contributed by atoms with Crippen LogP contribution in [0.4, 0.5) is 0 Å². The summed E-state index contributed by atoms with van der Waals surface area (Å²) in [6.07, 6.45) is 11.2. The second-order valence-corrected chi connectivity index (χ2v) is 4.72. The Kier molecular flexibility index (Phi) is 8.23. The maximum Gasteiger partial charge on any atom is 0.185 e. The van der Waals surface area contributed by atoms with Gasteiger partial charge in [-0.1, -0.05) is 38.5 Å².